The molecule has 1 N–H and O–H groups in total. The Balaban J connectivity index is 1.56. The first kappa shape index (κ1) is 12.7. The second kappa shape index (κ2) is 5.77. The molecule has 2 heteroatoms. The van der Waals surface area contributed by atoms with Gasteiger partial charge in [-0.3, -0.25) is 4.79 Å². The lowest BCUT2D eigenvalue weighted by atomic mass is 9.87. The van der Waals surface area contributed by atoms with Crippen LogP contribution in [0, 0.1) is 5.92 Å². The van der Waals surface area contributed by atoms with Crippen molar-refractivity contribution in [2.75, 3.05) is 5.32 Å². The summed E-state index contributed by atoms with van der Waals surface area (Å²) in [7, 11) is 0. The van der Waals surface area contributed by atoms with Gasteiger partial charge < -0.3 is 5.32 Å². The van der Waals surface area contributed by atoms with E-state index in [9.17, 15) is 4.79 Å². The van der Waals surface area contributed by atoms with E-state index < -0.39 is 0 Å². The highest BCUT2D eigenvalue weighted by Crippen LogP contribution is 2.28. The van der Waals surface area contributed by atoms with E-state index in [1.165, 1.54) is 62.5 Å². The van der Waals surface area contributed by atoms with E-state index in [2.05, 4.69) is 23.5 Å². The number of nitrogens with one attached hydrogen (secondary N) is 1. The predicted molar refractivity (Wildman–Crippen MR) is 78.3 cm³/mol. The SMILES string of the molecule is O=C(CC1CCCCC1)Nc1ccc2c(c1)CCC2. The lowest BCUT2D eigenvalue weighted by molar-refractivity contribution is -0.117. The fourth-order valence-electron chi connectivity index (χ4n) is 3.52. The molecule has 0 spiro atoms. The molecule has 102 valence electrons. The molecule has 0 aromatic heterocycles. The minimum absolute atomic E-state index is 0.199. The maximum absolute atomic E-state index is 12.1. The third-order valence-electron chi connectivity index (χ3n) is 4.58. The summed E-state index contributed by atoms with van der Waals surface area (Å²) in [5.41, 5.74) is 3.88. The number of hydrogen-bond donors (Lipinski definition) is 1. The first-order valence-electron chi connectivity index (χ1n) is 7.73. The molecule has 2 aliphatic carbocycles. The van der Waals surface area contributed by atoms with Crippen LogP contribution in [0.2, 0.25) is 0 Å². The Morgan fingerprint density at radius 2 is 1.84 bits per heavy atom. The highest BCUT2D eigenvalue weighted by Gasteiger charge is 2.17. The highest BCUT2D eigenvalue weighted by atomic mass is 16.1. The van der Waals surface area contributed by atoms with E-state index in [0.717, 1.165) is 5.69 Å². The zero-order chi connectivity index (χ0) is 13.1. The second-order valence-corrected chi connectivity index (χ2v) is 6.09. The number of benzene rings is 1. The Labute approximate surface area is 115 Å². The predicted octanol–water partition coefficient (Wildman–Crippen LogP) is 4.08. The number of amides is 1. The van der Waals surface area contributed by atoms with E-state index in [1.807, 2.05) is 0 Å². The lowest BCUT2D eigenvalue weighted by Gasteiger charge is -2.20. The van der Waals surface area contributed by atoms with Gasteiger partial charge in [0.1, 0.15) is 0 Å². The van der Waals surface area contributed by atoms with Gasteiger partial charge in [-0.25, -0.2) is 0 Å². The molecule has 1 fully saturated rings. The third-order valence-corrected chi connectivity index (χ3v) is 4.58. The summed E-state index contributed by atoms with van der Waals surface area (Å²) in [6.45, 7) is 0. The summed E-state index contributed by atoms with van der Waals surface area (Å²) >= 11 is 0. The van der Waals surface area contributed by atoms with Gasteiger partial charge in [0.15, 0.2) is 0 Å². The van der Waals surface area contributed by atoms with Crippen LogP contribution >= 0.6 is 0 Å². The molecule has 0 unspecified atom stereocenters. The van der Waals surface area contributed by atoms with Gasteiger partial charge in [-0.15, -0.1) is 0 Å². The molecule has 0 saturated heterocycles. The second-order valence-electron chi connectivity index (χ2n) is 6.09. The van der Waals surface area contributed by atoms with Gasteiger partial charge >= 0.3 is 0 Å². The van der Waals surface area contributed by atoms with Gasteiger partial charge in [0.05, 0.1) is 0 Å². The fourth-order valence-corrected chi connectivity index (χ4v) is 3.52. The zero-order valence-corrected chi connectivity index (χ0v) is 11.6. The Kier molecular flexibility index (Phi) is 3.86. The minimum atomic E-state index is 0.199. The molecule has 1 aromatic rings. The molecule has 19 heavy (non-hydrogen) atoms. The normalized spacial score (nSPS) is 19.2. The van der Waals surface area contributed by atoms with Gasteiger partial charge in [-0.1, -0.05) is 25.3 Å². The van der Waals surface area contributed by atoms with Crippen molar-refractivity contribution in [2.24, 2.45) is 5.92 Å². The molecule has 1 aromatic carbocycles. The number of fused-ring (bicyclic) bond motifs is 1. The van der Waals surface area contributed by atoms with Crippen LogP contribution in [0.15, 0.2) is 18.2 Å². The number of aryl methyl sites for hydroxylation is 2. The molecular weight excluding hydrogens is 234 g/mol. The van der Waals surface area contributed by atoms with Crippen LogP contribution in [0.5, 0.6) is 0 Å². The molecule has 0 atom stereocenters. The summed E-state index contributed by atoms with van der Waals surface area (Å²) in [4.78, 5) is 12.1. The Morgan fingerprint density at radius 1 is 1.05 bits per heavy atom. The van der Waals surface area contributed by atoms with Gasteiger partial charge in [0, 0.05) is 12.1 Å². The molecule has 2 aliphatic rings. The quantitative estimate of drug-likeness (QED) is 0.868. The summed E-state index contributed by atoms with van der Waals surface area (Å²) < 4.78 is 0. The van der Waals surface area contributed by atoms with E-state index in [-0.39, 0.29) is 5.91 Å². The Bertz CT molecular complexity index is 460. The van der Waals surface area contributed by atoms with E-state index in [1.54, 1.807) is 0 Å². The summed E-state index contributed by atoms with van der Waals surface area (Å²) in [6, 6.07) is 6.41. The monoisotopic (exact) mass is 257 g/mol. The van der Waals surface area contributed by atoms with Crippen molar-refractivity contribution < 1.29 is 4.79 Å². The van der Waals surface area contributed by atoms with Gasteiger partial charge in [-0.2, -0.15) is 0 Å². The first-order valence-corrected chi connectivity index (χ1v) is 7.73. The summed E-state index contributed by atoms with van der Waals surface area (Å²) in [5.74, 6) is 0.813. The van der Waals surface area contributed by atoms with Crippen molar-refractivity contribution >= 4 is 11.6 Å². The van der Waals surface area contributed by atoms with Gasteiger partial charge in [-0.05, 0) is 61.3 Å². The molecule has 1 saturated carbocycles. The Hall–Kier alpha value is -1.31. The van der Waals surface area contributed by atoms with Gasteiger partial charge in [0.2, 0.25) is 5.91 Å². The van der Waals surface area contributed by atoms with Crippen molar-refractivity contribution in [1.82, 2.24) is 0 Å². The largest absolute Gasteiger partial charge is 0.326 e. The van der Waals surface area contributed by atoms with E-state index in [0.29, 0.717) is 12.3 Å². The zero-order valence-electron chi connectivity index (χ0n) is 11.6. The van der Waals surface area contributed by atoms with Crippen molar-refractivity contribution in [3.63, 3.8) is 0 Å². The molecular formula is C17H23NO. The van der Waals surface area contributed by atoms with Crippen molar-refractivity contribution in [3.8, 4) is 0 Å². The van der Waals surface area contributed by atoms with E-state index in [4.69, 9.17) is 0 Å². The van der Waals surface area contributed by atoms with Gasteiger partial charge in [0.25, 0.3) is 0 Å². The van der Waals surface area contributed by atoms with Crippen LogP contribution in [0.1, 0.15) is 56.1 Å². The number of carbonyl (C=O) groups is 1. The molecule has 2 nitrogen and oxygen atoms in total. The number of hydrogen-bond acceptors (Lipinski definition) is 1. The van der Waals surface area contributed by atoms with Crippen molar-refractivity contribution in [3.05, 3.63) is 29.3 Å². The van der Waals surface area contributed by atoms with Crippen LogP contribution in [-0.4, -0.2) is 5.91 Å². The highest BCUT2D eigenvalue weighted by molar-refractivity contribution is 5.91. The first-order chi connectivity index (χ1) is 9.31. The lowest BCUT2D eigenvalue weighted by Crippen LogP contribution is -2.18. The van der Waals surface area contributed by atoms with Crippen LogP contribution in [-0.2, 0) is 17.6 Å². The average Bonchev–Trinajstić information content (AvgIpc) is 2.87. The van der Waals surface area contributed by atoms with Crippen LogP contribution in [0.4, 0.5) is 5.69 Å². The van der Waals surface area contributed by atoms with Crippen LogP contribution in [0.3, 0.4) is 0 Å². The smallest absolute Gasteiger partial charge is 0.224 e. The van der Waals surface area contributed by atoms with Crippen molar-refractivity contribution in [2.45, 2.75) is 57.8 Å². The average molecular weight is 257 g/mol. The maximum Gasteiger partial charge on any atom is 0.224 e. The van der Waals surface area contributed by atoms with E-state index >= 15 is 0 Å². The molecule has 0 aliphatic heterocycles. The molecule has 0 radical (unpaired) electrons. The molecule has 0 bridgehead atoms. The standard InChI is InChI=1S/C17H23NO/c19-17(11-13-5-2-1-3-6-13)18-16-10-9-14-7-4-8-15(14)12-16/h9-10,12-13H,1-8,11H2,(H,18,19). The number of rotatable bonds is 3. The summed E-state index contributed by atoms with van der Waals surface area (Å²) in [5, 5.41) is 3.08. The number of anilines is 1. The fraction of sp³-hybridized carbons (Fsp3) is 0.588. The molecule has 0 heterocycles. The third kappa shape index (κ3) is 3.17. The number of carbonyl (C=O) groups excluding carboxylic acids is 1. The maximum atomic E-state index is 12.1. The summed E-state index contributed by atoms with van der Waals surface area (Å²) in [6.07, 6.45) is 10.8. The van der Waals surface area contributed by atoms with Crippen LogP contribution in [0.25, 0.3) is 0 Å². The van der Waals surface area contributed by atoms with Crippen LogP contribution < -0.4 is 5.32 Å². The van der Waals surface area contributed by atoms with Crippen molar-refractivity contribution in [1.29, 1.82) is 0 Å². The molecule has 1 amide bonds. The minimum Gasteiger partial charge on any atom is -0.326 e. The molecule has 3 rings (SSSR count). The topological polar surface area (TPSA) is 29.1 Å². The Morgan fingerprint density at radius 3 is 2.68 bits per heavy atom.